The third-order valence-electron chi connectivity index (χ3n) is 6.43. The van der Waals surface area contributed by atoms with Gasteiger partial charge in [0.05, 0.1) is 12.2 Å². The van der Waals surface area contributed by atoms with Gasteiger partial charge in [-0.3, -0.25) is 0 Å². The van der Waals surface area contributed by atoms with Crippen LogP contribution in [-0.2, 0) is 9.47 Å². The van der Waals surface area contributed by atoms with Crippen LogP contribution in [-0.4, -0.2) is 25.4 Å². The van der Waals surface area contributed by atoms with Gasteiger partial charge < -0.3 is 9.47 Å². The Hall–Kier alpha value is -0.0800. The van der Waals surface area contributed by atoms with Crippen LogP contribution in [0, 0.1) is 0 Å². The van der Waals surface area contributed by atoms with Gasteiger partial charge in [-0.25, -0.2) is 0 Å². The van der Waals surface area contributed by atoms with E-state index in [1.807, 2.05) is 0 Å². The lowest BCUT2D eigenvalue weighted by Crippen LogP contribution is -2.34. The summed E-state index contributed by atoms with van der Waals surface area (Å²) in [6.45, 7) is 7.25. The fourth-order valence-corrected chi connectivity index (χ4v) is 4.49. The Labute approximate surface area is 177 Å². The van der Waals surface area contributed by atoms with E-state index in [1.165, 1.54) is 128 Å². The summed E-state index contributed by atoms with van der Waals surface area (Å²) in [6, 6.07) is 0. The lowest BCUT2D eigenvalue weighted by Gasteiger charge is -2.28. The Morgan fingerprint density at radius 2 is 1.14 bits per heavy atom. The molecule has 2 nitrogen and oxygen atoms in total. The van der Waals surface area contributed by atoms with E-state index in [1.54, 1.807) is 0 Å². The van der Waals surface area contributed by atoms with Crippen LogP contribution in [0.5, 0.6) is 0 Å². The second-order valence-corrected chi connectivity index (χ2v) is 9.24. The highest BCUT2D eigenvalue weighted by Gasteiger charge is 2.34. The molecular weight excluding hydrogens is 344 g/mol. The van der Waals surface area contributed by atoms with Crippen LogP contribution in [0.15, 0.2) is 0 Å². The van der Waals surface area contributed by atoms with Crippen molar-refractivity contribution in [1.82, 2.24) is 0 Å². The van der Waals surface area contributed by atoms with Crippen molar-refractivity contribution in [3.63, 3.8) is 0 Å². The van der Waals surface area contributed by atoms with Crippen molar-refractivity contribution < 1.29 is 9.47 Å². The zero-order valence-corrected chi connectivity index (χ0v) is 19.6. The van der Waals surface area contributed by atoms with Gasteiger partial charge in [-0.1, -0.05) is 117 Å². The van der Waals surface area contributed by atoms with Crippen molar-refractivity contribution in [1.29, 1.82) is 0 Å². The molecule has 0 radical (unpaired) electrons. The molecule has 0 bridgehead atoms. The second kappa shape index (κ2) is 18.9. The SMILES string of the molecule is CCCCCCCCCCCCCCCC1(COCCCCCC)CCCO1. The molecular formula is C26H52O2. The molecule has 28 heavy (non-hydrogen) atoms. The molecule has 0 N–H and O–H groups in total. The highest BCUT2D eigenvalue weighted by molar-refractivity contribution is 4.85. The molecule has 168 valence electrons. The van der Waals surface area contributed by atoms with Gasteiger partial charge in [0, 0.05) is 13.2 Å². The summed E-state index contributed by atoms with van der Waals surface area (Å²) in [5.74, 6) is 0. The average Bonchev–Trinajstić information content (AvgIpc) is 3.17. The van der Waals surface area contributed by atoms with Crippen LogP contribution in [0.1, 0.15) is 142 Å². The van der Waals surface area contributed by atoms with Gasteiger partial charge in [-0.2, -0.15) is 0 Å². The van der Waals surface area contributed by atoms with Gasteiger partial charge in [0.15, 0.2) is 0 Å². The first kappa shape index (κ1) is 26.0. The molecule has 1 fully saturated rings. The molecule has 1 rings (SSSR count). The highest BCUT2D eigenvalue weighted by Crippen LogP contribution is 2.31. The van der Waals surface area contributed by atoms with E-state index in [9.17, 15) is 0 Å². The van der Waals surface area contributed by atoms with Crippen LogP contribution in [0.2, 0.25) is 0 Å². The predicted molar refractivity (Wildman–Crippen MR) is 123 cm³/mol. The van der Waals surface area contributed by atoms with Crippen molar-refractivity contribution in [2.75, 3.05) is 19.8 Å². The van der Waals surface area contributed by atoms with Crippen LogP contribution < -0.4 is 0 Å². The first-order chi connectivity index (χ1) is 13.8. The molecule has 1 atom stereocenters. The first-order valence-corrected chi connectivity index (χ1v) is 13.0. The fourth-order valence-electron chi connectivity index (χ4n) is 4.49. The van der Waals surface area contributed by atoms with E-state index in [0.29, 0.717) is 0 Å². The van der Waals surface area contributed by atoms with Gasteiger partial charge in [0.25, 0.3) is 0 Å². The molecule has 0 spiro atoms. The minimum atomic E-state index is 0.0581. The topological polar surface area (TPSA) is 18.5 Å². The van der Waals surface area contributed by atoms with Gasteiger partial charge in [0.2, 0.25) is 0 Å². The van der Waals surface area contributed by atoms with Crippen molar-refractivity contribution in [3.8, 4) is 0 Å². The highest BCUT2D eigenvalue weighted by atomic mass is 16.5. The van der Waals surface area contributed by atoms with Gasteiger partial charge in [-0.15, -0.1) is 0 Å². The summed E-state index contributed by atoms with van der Waals surface area (Å²) in [4.78, 5) is 0. The normalized spacial score (nSPS) is 19.5. The Balaban J connectivity index is 1.92. The minimum absolute atomic E-state index is 0.0581. The molecule has 1 aliphatic rings. The van der Waals surface area contributed by atoms with E-state index < -0.39 is 0 Å². The average molecular weight is 397 g/mol. The maximum absolute atomic E-state index is 6.15. The van der Waals surface area contributed by atoms with Crippen molar-refractivity contribution >= 4 is 0 Å². The van der Waals surface area contributed by atoms with Crippen LogP contribution in [0.4, 0.5) is 0 Å². The molecule has 2 heteroatoms. The van der Waals surface area contributed by atoms with E-state index in [0.717, 1.165) is 19.8 Å². The molecule has 0 aromatic carbocycles. The molecule has 0 aromatic rings. The number of hydrogen-bond donors (Lipinski definition) is 0. The van der Waals surface area contributed by atoms with Crippen LogP contribution >= 0.6 is 0 Å². The van der Waals surface area contributed by atoms with Crippen molar-refractivity contribution in [2.45, 2.75) is 148 Å². The molecule has 0 aromatic heterocycles. The summed E-state index contributed by atoms with van der Waals surface area (Å²) >= 11 is 0. The van der Waals surface area contributed by atoms with Gasteiger partial charge >= 0.3 is 0 Å². The Morgan fingerprint density at radius 3 is 1.64 bits per heavy atom. The zero-order valence-electron chi connectivity index (χ0n) is 19.6. The summed E-state index contributed by atoms with van der Waals surface area (Å²) < 4.78 is 12.2. The van der Waals surface area contributed by atoms with E-state index in [2.05, 4.69) is 13.8 Å². The van der Waals surface area contributed by atoms with E-state index in [-0.39, 0.29) is 5.60 Å². The number of rotatable bonds is 21. The lowest BCUT2D eigenvalue weighted by atomic mass is 9.93. The smallest absolute Gasteiger partial charge is 0.0915 e. The van der Waals surface area contributed by atoms with E-state index in [4.69, 9.17) is 9.47 Å². The minimum Gasteiger partial charge on any atom is -0.378 e. The largest absolute Gasteiger partial charge is 0.378 e. The Kier molecular flexibility index (Phi) is 17.5. The lowest BCUT2D eigenvalue weighted by molar-refractivity contribution is -0.0700. The molecule has 1 aliphatic heterocycles. The predicted octanol–water partition coefficient (Wildman–Crippen LogP) is 8.61. The summed E-state index contributed by atoms with van der Waals surface area (Å²) in [5, 5.41) is 0. The zero-order chi connectivity index (χ0) is 20.2. The van der Waals surface area contributed by atoms with E-state index >= 15 is 0 Å². The third kappa shape index (κ3) is 14.0. The van der Waals surface area contributed by atoms with Crippen molar-refractivity contribution in [2.24, 2.45) is 0 Å². The monoisotopic (exact) mass is 396 g/mol. The standard InChI is InChI=1S/C26H52O2/c1-3-5-7-9-10-11-12-13-14-15-16-17-18-21-26(22-20-24-28-26)25-27-23-19-8-6-4-2/h3-25H2,1-2H3. The molecule has 1 saturated heterocycles. The fraction of sp³-hybridized carbons (Fsp3) is 1.00. The number of ether oxygens (including phenoxy) is 2. The van der Waals surface area contributed by atoms with Gasteiger partial charge in [0.1, 0.15) is 0 Å². The molecule has 1 heterocycles. The quantitative estimate of drug-likeness (QED) is 0.181. The summed E-state index contributed by atoms with van der Waals surface area (Å²) in [5.41, 5.74) is 0.0581. The Bertz CT molecular complexity index is 310. The molecule has 0 amide bonds. The van der Waals surface area contributed by atoms with Crippen LogP contribution in [0.25, 0.3) is 0 Å². The number of hydrogen-bond acceptors (Lipinski definition) is 2. The molecule has 0 saturated carbocycles. The second-order valence-electron chi connectivity index (χ2n) is 9.24. The van der Waals surface area contributed by atoms with Crippen molar-refractivity contribution in [3.05, 3.63) is 0 Å². The molecule has 0 aliphatic carbocycles. The number of unbranched alkanes of at least 4 members (excludes halogenated alkanes) is 15. The maximum atomic E-state index is 6.15. The molecule has 1 unspecified atom stereocenters. The summed E-state index contributed by atoms with van der Waals surface area (Å²) in [6.07, 6.45) is 27.3. The third-order valence-corrected chi connectivity index (χ3v) is 6.43. The Morgan fingerprint density at radius 1 is 0.643 bits per heavy atom. The summed E-state index contributed by atoms with van der Waals surface area (Å²) in [7, 11) is 0. The van der Waals surface area contributed by atoms with Gasteiger partial charge in [-0.05, 0) is 25.7 Å². The van der Waals surface area contributed by atoms with Crippen LogP contribution in [0.3, 0.4) is 0 Å². The maximum Gasteiger partial charge on any atom is 0.0915 e. The first-order valence-electron chi connectivity index (χ1n) is 13.0.